The number of hydrogen-bond acceptors (Lipinski definition) is 6. The molecule has 1 N–H and O–H groups in total. The van der Waals surface area contributed by atoms with Crippen LogP contribution in [0.2, 0.25) is 0 Å². The van der Waals surface area contributed by atoms with Gasteiger partial charge in [0.2, 0.25) is 0 Å². The minimum Gasteiger partial charge on any atom is -0.481 e. The highest BCUT2D eigenvalue weighted by atomic mass is 16.5. The van der Waals surface area contributed by atoms with Crippen LogP contribution in [0.5, 0.6) is 0 Å². The van der Waals surface area contributed by atoms with E-state index in [9.17, 15) is 14.4 Å². The molecule has 1 aliphatic heterocycles. The molecule has 0 saturated carbocycles. The average Bonchev–Trinajstić information content (AvgIpc) is 2.50. The number of carbonyl (C=O) groups excluding carboxylic acids is 2. The average molecular weight is 369 g/mol. The Kier molecular flexibility index (Phi) is 7.38. The molecule has 0 spiro atoms. The van der Waals surface area contributed by atoms with Gasteiger partial charge in [0.05, 0.1) is 18.9 Å². The summed E-state index contributed by atoms with van der Waals surface area (Å²) in [5.74, 6) is -3.10. The van der Waals surface area contributed by atoms with Crippen molar-refractivity contribution < 1.29 is 29.0 Å². The number of esters is 2. The van der Waals surface area contributed by atoms with Crippen LogP contribution in [-0.2, 0) is 23.9 Å². The molecule has 0 radical (unpaired) electrons. The number of carbonyl (C=O) groups is 3. The maximum Gasteiger partial charge on any atom is 0.330 e. The molecule has 0 aliphatic carbocycles. The standard InChI is InChI=1S/C19H31NO6/c1-7-16(23)25-9-8-13(10-15(21)22)17(24)26-14-11-18(2,3)20(6)19(4,5)12-14/h7,13-14H,1,8-12H2,2-6H3,(H,21,22). The van der Waals surface area contributed by atoms with Crippen molar-refractivity contribution in [2.24, 2.45) is 5.92 Å². The van der Waals surface area contributed by atoms with Crippen molar-refractivity contribution in [2.75, 3.05) is 13.7 Å². The fourth-order valence-electron chi connectivity index (χ4n) is 3.50. The number of piperidine rings is 1. The van der Waals surface area contributed by atoms with Gasteiger partial charge in [0.25, 0.3) is 0 Å². The highest BCUT2D eigenvalue weighted by Gasteiger charge is 2.44. The van der Waals surface area contributed by atoms with Crippen molar-refractivity contribution in [1.82, 2.24) is 4.90 Å². The topological polar surface area (TPSA) is 93.1 Å². The van der Waals surface area contributed by atoms with Crippen LogP contribution < -0.4 is 0 Å². The maximum atomic E-state index is 12.5. The van der Waals surface area contributed by atoms with Gasteiger partial charge in [-0.25, -0.2) is 4.79 Å². The third-order valence-corrected chi connectivity index (χ3v) is 5.18. The molecule has 1 saturated heterocycles. The second-order valence-electron chi connectivity index (χ2n) is 8.11. The fourth-order valence-corrected chi connectivity index (χ4v) is 3.50. The molecule has 0 aromatic carbocycles. The number of hydrogen-bond donors (Lipinski definition) is 1. The number of aliphatic carboxylic acids is 1. The first-order valence-electron chi connectivity index (χ1n) is 8.84. The Labute approximate surface area is 155 Å². The lowest BCUT2D eigenvalue weighted by molar-refractivity contribution is -0.167. The van der Waals surface area contributed by atoms with E-state index in [0.29, 0.717) is 12.8 Å². The second kappa shape index (κ2) is 8.66. The van der Waals surface area contributed by atoms with Crippen LogP contribution in [0.15, 0.2) is 12.7 Å². The molecule has 0 aromatic rings. The summed E-state index contributed by atoms with van der Waals surface area (Å²) in [6.07, 6.45) is 1.82. The van der Waals surface area contributed by atoms with Crippen LogP contribution >= 0.6 is 0 Å². The van der Waals surface area contributed by atoms with Crippen molar-refractivity contribution in [3.63, 3.8) is 0 Å². The summed E-state index contributed by atoms with van der Waals surface area (Å²) in [6, 6.07) is 0. The monoisotopic (exact) mass is 369 g/mol. The second-order valence-corrected chi connectivity index (χ2v) is 8.11. The van der Waals surface area contributed by atoms with Gasteiger partial charge in [0, 0.05) is 30.0 Å². The molecule has 148 valence electrons. The van der Waals surface area contributed by atoms with Gasteiger partial charge in [-0.1, -0.05) is 6.58 Å². The van der Waals surface area contributed by atoms with Crippen molar-refractivity contribution in [3.05, 3.63) is 12.7 Å². The SMILES string of the molecule is C=CC(=O)OCCC(CC(=O)O)C(=O)OC1CC(C)(C)N(C)C(C)(C)C1. The lowest BCUT2D eigenvalue weighted by Crippen LogP contribution is -2.60. The maximum absolute atomic E-state index is 12.5. The Hall–Kier alpha value is -1.89. The molecule has 1 atom stereocenters. The van der Waals surface area contributed by atoms with Crippen molar-refractivity contribution in [2.45, 2.75) is 70.6 Å². The van der Waals surface area contributed by atoms with Crippen LogP contribution in [0.25, 0.3) is 0 Å². The summed E-state index contributed by atoms with van der Waals surface area (Å²) < 4.78 is 10.5. The molecule has 1 fully saturated rings. The number of nitrogens with zero attached hydrogens (tertiary/aromatic N) is 1. The van der Waals surface area contributed by atoms with E-state index in [1.807, 2.05) is 0 Å². The zero-order valence-corrected chi connectivity index (χ0v) is 16.4. The Balaban J connectivity index is 2.74. The van der Waals surface area contributed by atoms with E-state index in [1.54, 1.807) is 0 Å². The van der Waals surface area contributed by atoms with E-state index in [4.69, 9.17) is 14.6 Å². The minimum absolute atomic E-state index is 0.0533. The molecule has 0 aromatic heterocycles. The van der Waals surface area contributed by atoms with E-state index in [-0.39, 0.29) is 36.6 Å². The lowest BCUT2D eigenvalue weighted by atomic mass is 9.78. The molecule has 1 heterocycles. The zero-order chi connectivity index (χ0) is 20.1. The van der Waals surface area contributed by atoms with Gasteiger partial charge >= 0.3 is 17.9 Å². The van der Waals surface area contributed by atoms with Gasteiger partial charge in [-0.3, -0.25) is 14.5 Å². The Bertz CT molecular complexity index is 536. The first-order valence-corrected chi connectivity index (χ1v) is 8.84. The highest BCUT2D eigenvalue weighted by molar-refractivity contribution is 5.81. The van der Waals surface area contributed by atoms with Crippen LogP contribution in [0, 0.1) is 5.92 Å². The molecular weight excluding hydrogens is 338 g/mol. The lowest BCUT2D eigenvalue weighted by Gasteiger charge is -2.53. The number of ether oxygens (including phenoxy) is 2. The van der Waals surface area contributed by atoms with E-state index in [0.717, 1.165) is 6.08 Å². The van der Waals surface area contributed by atoms with Gasteiger partial charge in [-0.05, 0) is 41.2 Å². The fraction of sp³-hybridized carbons (Fsp3) is 0.737. The van der Waals surface area contributed by atoms with Gasteiger partial charge in [0.15, 0.2) is 0 Å². The van der Waals surface area contributed by atoms with Crippen LogP contribution in [0.3, 0.4) is 0 Å². The number of carboxylic acid groups (broad SMARTS) is 1. The van der Waals surface area contributed by atoms with Crippen LogP contribution in [-0.4, -0.2) is 58.8 Å². The smallest absolute Gasteiger partial charge is 0.330 e. The first-order chi connectivity index (χ1) is 11.9. The molecule has 7 heteroatoms. The molecule has 1 aliphatic rings. The molecular formula is C19H31NO6. The number of carboxylic acids is 1. The van der Waals surface area contributed by atoms with E-state index in [2.05, 4.69) is 46.2 Å². The predicted molar refractivity (Wildman–Crippen MR) is 96.6 cm³/mol. The molecule has 1 unspecified atom stereocenters. The van der Waals surface area contributed by atoms with Crippen molar-refractivity contribution in [1.29, 1.82) is 0 Å². The van der Waals surface area contributed by atoms with E-state index in [1.165, 1.54) is 0 Å². The zero-order valence-electron chi connectivity index (χ0n) is 16.4. The first kappa shape index (κ1) is 22.2. The summed E-state index contributed by atoms with van der Waals surface area (Å²) in [5, 5.41) is 9.06. The van der Waals surface area contributed by atoms with Crippen molar-refractivity contribution >= 4 is 17.9 Å². The van der Waals surface area contributed by atoms with Gasteiger partial charge in [-0.15, -0.1) is 0 Å². The van der Waals surface area contributed by atoms with Crippen LogP contribution in [0.4, 0.5) is 0 Å². The predicted octanol–water partition coefficient (Wildman–Crippen LogP) is 2.39. The molecule has 7 nitrogen and oxygen atoms in total. The summed E-state index contributed by atoms with van der Waals surface area (Å²) in [7, 11) is 2.05. The Morgan fingerprint density at radius 1 is 1.23 bits per heavy atom. The van der Waals surface area contributed by atoms with E-state index < -0.39 is 23.8 Å². The molecule has 0 amide bonds. The van der Waals surface area contributed by atoms with Gasteiger partial charge in [0.1, 0.15) is 6.10 Å². The summed E-state index contributed by atoms with van der Waals surface area (Å²) in [5.41, 5.74) is -0.289. The van der Waals surface area contributed by atoms with Crippen molar-refractivity contribution in [3.8, 4) is 0 Å². The summed E-state index contributed by atoms with van der Waals surface area (Å²) >= 11 is 0. The minimum atomic E-state index is -1.09. The Morgan fingerprint density at radius 3 is 2.23 bits per heavy atom. The quantitative estimate of drug-likeness (QED) is 0.519. The summed E-state index contributed by atoms with van der Waals surface area (Å²) in [4.78, 5) is 37.0. The normalized spacial score (nSPS) is 20.8. The van der Waals surface area contributed by atoms with E-state index >= 15 is 0 Å². The van der Waals surface area contributed by atoms with Crippen LogP contribution in [0.1, 0.15) is 53.4 Å². The third kappa shape index (κ3) is 6.12. The van der Waals surface area contributed by atoms with Gasteiger partial charge < -0.3 is 14.6 Å². The van der Waals surface area contributed by atoms with Gasteiger partial charge in [-0.2, -0.15) is 0 Å². The highest BCUT2D eigenvalue weighted by Crippen LogP contribution is 2.38. The summed E-state index contributed by atoms with van der Waals surface area (Å²) in [6.45, 7) is 11.6. The number of likely N-dealkylation sites (tertiary alicyclic amines) is 1. The molecule has 0 bridgehead atoms. The third-order valence-electron chi connectivity index (χ3n) is 5.18. The molecule has 1 rings (SSSR count). The Morgan fingerprint density at radius 2 is 1.77 bits per heavy atom. The number of rotatable bonds is 8. The molecule has 26 heavy (non-hydrogen) atoms. The largest absolute Gasteiger partial charge is 0.481 e.